The second-order valence-electron chi connectivity index (χ2n) is 8.19. The van der Waals surface area contributed by atoms with Crippen LogP contribution in [0.1, 0.15) is 5.56 Å². The molecule has 0 atom stereocenters. The number of nitrogens with zero attached hydrogens (tertiary/aromatic N) is 7. The van der Waals surface area contributed by atoms with Crippen molar-refractivity contribution in [3.05, 3.63) is 66.6 Å². The third-order valence-electron chi connectivity index (χ3n) is 5.61. The number of benzene rings is 1. The zero-order valence-electron chi connectivity index (χ0n) is 19.2. The van der Waals surface area contributed by atoms with E-state index >= 15 is 0 Å². The fourth-order valence-electron chi connectivity index (χ4n) is 3.92. The van der Waals surface area contributed by atoms with Gasteiger partial charge in [0.25, 0.3) is 0 Å². The van der Waals surface area contributed by atoms with E-state index in [9.17, 15) is 17.6 Å². The van der Waals surface area contributed by atoms with Gasteiger partial charge in [0, 0.05) is 69.5 Å². The molecular formula is C23H23F4N7O2. The first kappa shape index (κ1) is 25.1. The number of aryl methyl sites for hydroxylation is 1. The van der Waals surface area contributed by atoms with E-state index < -0.39 is 12.1 Å². The van der Waals surface area contributed by atoms with E-state index in [0.717, 1.165) is 55.4 Å². The maximum atomic E-state index is 13.7. The molecule has 1 aliphatic rings. The molecule has 0 saturated carbocycles. The summed E-state index contributed by atoms with van der Waals surface area (Å²) < 4.78 is 49.2. The number of aromatic nitrogens is 5. The second-order valence-corrected chi connectivity index (χ2v) is 8.19. The maximum Gasteiger partial charge on any atom is 0.490 e. The smallest absolute Gasteiger partial charge is 0.475 e. The lowest BCUT2D eigenvalue weighted by molar-refractivity contribution is -0.192. The molecule has 0 aliphatic carbocycles. The Labute approximate surface area is 203 Å². The summed E-state index contributed by atoms with van der Waals surface area (Å²) in [4.78, 5) is 22.8. The molecule has 0 spiro atoms. The number of piperazine rings is 1. The number of rotatable bonds is 4. The number of anilines is 1. The first-order chi connectivity index (χ1) is 17.1. The van der Waals surface area contributed by atoms with Crippen molar-refractivity contribution in [1.29, 1.82) is 0 Å². The van der Waals surface area contributed by atoms with Gasteiger partial charge in [-0.05, 0) is 12.1 Å². The Morgan fingerprint density at radius 1 is 1.11 bits per heavy atom. The highest BCUT2D eigenvalue weighted by molar-refractivity contribution is 5.73. The Hall–Kier alpha value is -4.00. The molecule has 1 N–H and O–H groups in total. The van der Waals surface area contributed by atoms with Crippen LogP contribution in [0.5, 0.6) is 0 Å². The summed E-state index contributed by atoms with van der Waals surface area (Å²) in [6.07, 6.45) is 4.35. The summed E-state index contributed by atoms with van der Waals surface area (Å²) in [5, 5.41) is 11.4. The van der Waals surface area contributed by atoms with Crippen molar-refractivity contribution < 1.29 is 27.5 Å². The molecule has 1 aliphatic heterocycles. The van der Waals surface area contributed by atoms with E-state index in [0.29, 0.717) is 0 Å². The molecule has 3 aromatic heterocycles. The van der Waals surface area contributed by atoms with Crippen LogP contribution in [0, 0.1) is 5.82 Å². The van der Waals surface area contributed by atoms with Crippen LogP contribution in [0.3, 0.4) is 0 Å². The van der Waals surface area contributed by atoms with Gasteiger partial charge in [0.15, 0.2) is 11.5 Å². The molecule has 9 nitrogen and oxygen atoms in total. The fraction of sp³-hybridized carbons (Fsp3) is 0.304. The van der Waals surface area contributed by atoms with E-state index in [4.69, 9.17) is 9.90 Å². The monoisotopic (exact) mass is 505 g/mol. The number of hydrogen-bond donors (Lipinski definition) is 1. The minimum Gasteiger partial charge on any atom is -0.475 e. The molecule has 190 valence electrons. The third-order valence-corrected chi connectivity index (χ3v) is 5.61. The number of carboxylic acids is 1. The van der Waals surface area contributed by atoms with Crippen molar-refractivity contribution >= 4 is 17.4 Å². The normalized spacial score (nSPS) is 14.5. The van der Waals surface area contributed by atoms with Gasteiger partial charge in [0.05, 0.1) is 18.1 Å². The number of alkyl halides is 3. The first-order valence-electron chi connectivity index (χ1n) is 10.9. The Bertz CT molecular complexity index is 1340. The van der Waals surface area contributed by atoms with Gasteiger partial charge in [-0.1, -0.05) is 12.1 Å². The molecule has 1 fully saturated rings. The van der Waals surface area contributed by atoms with E-state index in [-0.39, 0.29) is 5.82 Å². The van der Waals surface area contributed by atoms with Crippen molar-refractivity contribution in [3.8, 4) is 11.3 Å². The standard InChI is InChI=1S/C21H22FN7.C2HF3O2/c1-26-14-16(12-25-26)15-27-7-9-28(10-8-27)20-21-24-13-19(29(21)6-5-23-20)17-3-2-4-18(22)11-17;3-2(4,5)1(6)7/h2-6,11-14H,7-10,15H2,1H3;(H,6,7). The molecule has 13 heteroatoms. The minimum absolute atomic E-state index is 0.253. The lowest BCUT2D eigenvalue weighted by Gasteiger charge is -2.35. The van der Waals surface area contributed by atoms with E-state index in [1.54, 1.807) is 18.5 Å². The Balaban J connectivity index is 0.000000384. The van der Waals surface area contributed by atoms with Gasteiger partial charge in [0.2, 0.25) is 0 Å². The quantitative estimate of drug-likeness (QED) is 0.426. The molecule has 0 radical (unpaired) electrons. The number of halogens is 4. The van der Waals surface area contributed by atoms with Crippen LogP contribution in [0.4, 0.5) is 23.4 Å². The number of fused-ring (bicyclic) bond motifs is 1. The highest BCUT2D eigenvalue weighted by atomic mass is 19.4. The molecule has 4 heterocycles. The zero-order valence-corrected chi connectivity index (χ0v) is 19.2. The van der Waals surface area contributed by atoms with Crippen molar-refractivity contribution in [1.82, 2.24) is 29.0 Å². The minimum atomic E-state index is -5.08. The van der Waals surface area contributed by atoms with Crippen LogP contribution < -0.4 is 4.90 Å². The van der Waals surface area contributed by atoms with E-state index in [2.05, 4.69) is 31.1 Å². The number of carbonyl (C=O) groups is 1. The summed E-state index contributed by atoms with van der Waals surface area (Å²) in [5.74, 6) is -2.14. The summed E-state index contributed by atoms with van der Waals surface area (Å²) in [6.45, 7) is 4.58. The zero-order chi connectivity index (χ0) is 25.9. The predicted octanol–water partition coefficient (Wildman–Crippen LogP) is 3.22. The number of carboxylic acid groups (broad SMARTS) is 1. The van der Waals surface area contributed by atoms with Crippen LogP contribution in [0.25, 0.3) is 16.9 Å². The Kier molecular flexibility index (Phi) is 7.20. The van der Waals surface area contributed by atoms with Crippen LogP contribution >= 0.6 is 0 Å². The van der Waals surface area contributed by atoms with Crippen molar-refractivity contribution in [2.24, 2.45) is 7.05 Å². The average Bonchev–Trinajstić information content (AvgIpc) is 3.45. The predicted molar refractivity (Wildman–Crippen MR) is 123 cm³/mol. The molecule has 0 bridgehead atoms. The third kappa shape index (κ3) is 5.79. The highest BCUT2D eigenvalue weighted by Gasteiger charge is 2.38. The first-order valence-corrected chi connectivity index (χ1v) is 10.9. The summed E-state index contributed by atoms with van der Waals surface area (Å²) in [6, 6.07) is 6.59. The van der Waals surface area contributed by atoms with Gasteiger partial charge in [-0.25, -0.2) is 19.2 Å². The number of imidazole rings is 1. The lowest BCUT2D eigenvalue weighted by atomic mass is 10.1. The Morgan fingerprint density at radius 2 is 1.83 bits per heavy atom. The molecule has 4 aromatic rings. The lowest BCUT2D eigenvalue weighted by Crippen LogP contribution is -2.46. The highest BCUT2D eigenvalue weighted by Crippen LogP contribution is 2.26. The molecule has 1 aromatic carbocycles. The van der Waals surface area contributed by atoms with Crippen LogP contribution in [0.15, 0.2) is 55.2 Å². The Morgan fingerprint density at radius 3 is 2.44 bits per heavy atom. The largest absolute Gasteiger partial charge is 0.490 e. The van der Waals surface area contributed by atoms with Gasteiger partial charge >= 0.3 is 12.1 Å². The van der Waals surface area contributed by atoms with Crippen molar-refractivity contribution in [2.45, 2.75) is 12.7 Å². The fourth-order valence-corrected chi connectivity index (χ4v) is 3.92. The topological polar surface area (TPSA) is 91.8 Å². The summed E-state index contributed by atoms with van der Waals surface area (Å²) in [7, 11) is 1.94. The van der Waals surface area contributed by atoms with E-state index in [1.807, 2.05) is 34.6 Å². The van der Waals surface area contributed by atoms with Gasteiger partial charge < -0.3 is 10.0 Å². The van der Waals surface area contributed by atoms with Gasteiger partial charge in [-0.2, -0.15) is 18.3 Å². The number of aliphatic carboxylic acids is 1. The van der Waals surface area contributed by atoms with Crippen LogP contribution in [0.2, 0.25) is 0 Å². The molecular weight excluding hydrogens is 482 g/mol. The molecule has 0 unspecified atom stereocenters. The molecule has 36 heavy (non-hydrogen) atoms. The SMILES string of the molecule is Cn1cc(CN2CCN(c3nccn4c(-c5cccc(F)c5)cnc34)CC2)cn1.O=C(O)C(F)(F)F. The molecule has 5 rings (SSSR count). The van der Waals surface area contributed by atoms with Gasteiger partial charge in [-0.15, -0.1) is 0 Å². The van der Waals surface area contributed by atoms with Gasteiger partial charge in [-0.3, -0.25) is 14.0 Å². The summed E-state index contributed by atoms with van der Waals surface area (Å²) in [5.41, 5.74) is 3.69. The number of hydrogen-bond acceptors (Lipinski definition) is 6. The van der Waals surface area contributed by atoms with Crippen molar-refractivity contribution in [3.63, 3.8) is 0 Å². The van der Waals surface area contributed by atoms with Gasteiger partial charge in [0.1, 0.15) is 5.82 Å². The van der Waals surface area contributed by atoms with Crippen LogP contribution in [-0.4, -0.2) is 72.5 Å². The average molecular weight is 505 g/mol. The molecule has 0 amide bonds. The molecule has 1 saturated heterocycles. The summed E-state index contributed by atoms with van der Waals surface area (Å²) >= 11 is 0. The maximum absolute atomic E-state index is 13.7. The van der Waals surface area contributed by atoms with Crippen molar-refractivity contribution in [2.75, 3.05) is 31.1 Å². The van der Waals surface area contributed by atoms with Crippen LogP contribution in [-0.2, 0) is 18.4 Å². The second kappa shape index (κ2) is 10.3. The van der Waals surface area contributed by atoms with E-state index in [1.165, 1.54) is 17.7 Å².